The molecule has 6 heteroatoms. The second-order valence-corrected chi connectivity index (χ2v) is 7.48. The van der Waals surface area contributed by atoms with E-state index in [0.29, 0.717) is 24.8 Å². The molecule has 1 aromatic heterocycles. The minimum Gasteiger partial charge on any atom is -0.496 e. The zero-order valence-electron chi connectivity index (χ0n) is 16.8. The van der Waals surface area contributed by atoms with Crippen molar-refractivity contribution in [1.29, 1.82) is 0 Å². The van der Waals surface area contributed by atoms with Crippen molar-refractivity contribution in [2.75, 3.05) is 12.4 Å². The average Bonchev–Trinajstić information content (AvgIpc) is 2.90. The molecular weight excluding hydrogens is 366 g/mol. The van der Waals surface area contributed by atoms with Crippen molar-refractivity contribution < 1.29 is 14.3 Å². The number of carbonyl (C=O) groups is 1. The number of anilines is 1. The van der Waals surface area contributed by atoms with Gasteiger partial charge in [0.2, 0.25) is 5.95 Å². The van der Waals surface area contributed by atoms with Gasteiger partial charge in [0.1, 0.15) is 11.5 Å². The van der Waals surface area contributed by atoms with E-state index in [9.17, 15) is 4.79 Å². The molecule has 0 atom stereocenters. The van der Waals surface area contributed by atoms with Crippen molar-refractivity contribution >= 4 is 23.5 Å². The highest BCUT2D eigenvalue weighted by molar-refractivity contribution is 5.81. The Morgan fingerprint density at radius 1 is 1.14 bits per heavy atom. The second kappa shape index (κ2) is 8.99. The van der Waals surface area contributed by atoms with Gasteiger partial charge in [-0.3, -0.25) is 4.79 Å². The van der Waals surface area contributed by atoms with E-state index in [-0.39, 0.29) is 0 Å². The smallest absolute Gasteiger partial charge is 0.298 e. The highest BCUT2D eigenvalue weighted by Gasteiger charge is 2.21. The molecular formula is C23H27N3O3. The normalized spacial score (nSPS) is 15.1. The molecule has 0 unspecified atom stereocenters. The molecule has 1 saturated carbocycles. The molecule has 0 bridgehead atoms. The summed E-state index contributed by atoms with van der Waals surface area (Å²) in [5.74, 6) is 2.22. The third kappa shape index (κ3) is 4.21. The van der Waals surface area contributed by atoms with Crippen LogP contribution in [-0.4, -0.2) is 23.1 Å². The molecule has 0 spiro atoms. The maximum Gasteiger partial charge on any atom is 0.298 e. The van der Waals surface area contributed by atoms with Gasteiger partial charge in [0.15, 0.2) is 0 Å². The summed E-state index contributed by atoms with van der Waals surface area (Å²) < 4.78 is 12.8. The number of hydrogen-bond acceptors (Lipinski definition) is 5. The standard InChI is InChI=1S/C23H27N3O3/c1-28-22-11-7-6-8-17(22)15-24-23-25-20-14-19(29-16-27)12-13-21(20)26(23)18-9-4-2-3-5-10-18/h6-8,11-14,16,18H,2-5,9-10,15H2,1H3,(H,24,25). The van der Waals surface area contributed by atoms with Gasteiger partial charge in [-0.1, -0.05) is 43.9 Å². The number of ether oxygens (including phenoxy) is 2. The fourth-order valence-electron chi connectivity index (χ4n) is 4.24. The number of methoxy groups -OCH3 is 1. The first-order valence-electron chi connectivity index (χ1n) is 10.3. The number of nitrogens with zero attached hydrogens (tertiary/aromatic N) is 2. The Labute approximate surface area is 170 Å². The zero-order chi connectivity index (χ0) is 20.1. The monoisotopic (exact) mass is 393 g/mol. The first-order valence-corrected chi connectivity index (χ1v) is 10.3. The molecule has 1 aliphatic rings. The number of benzene rings is 2. The number of fused-ring (bicyclic) bond motifs is 1. The minimum atomic E-state index is 0.417. The molecule has 1 aliphatic carbocycles. The molecule has 3 aromatic rings. The molecule has 6 nitrogen and oxygen atoms in total. The van der Waals surface area contributed by atoms with Gasteiger partial charge in [0.25, 0.3) is 6.47 Å². The molecule has 0 aliphatic heterocycles. The van der Waals surface area contributed by atoms with Gasteiger partial charge in [-0.25, -0.2) is 4.98 Å². The highest BCUT2D eigenvalue weighted by atomic mass is 16.5. The number of para-hydroxylation sites is 1. The van der Waals surface area contributed by atoms with Crippen LogP contribution in [0.15, 0.2) is 42.5 Å². The van der Waals surface area contributed by atoms with E-state index >= 15 is 0 Å². The van der Waals surface area contributed by atoms with Crippen molar-refractivity contribution in [3.05, 3.63) is 48.0 Å². The van der Waals surface area contributed by atoms with E-state index in [0.717, 1.165) is 41.1 Å². The van der Waals surface area contributed by atoms with E-state index in [4.69, 9.17) is 14.5 Å². The lowest BCUT2D eigenvalue weighted by molar-refractivity contribution is -0.120. The molecule has 0 saturated heterocycles. The summed E-state index contributed by atoms with van der Waals surface area (Å²) in [5.41, 5.74) is 2.98. The average molecular weight is 393 g/mol. The van der Waals surface area contributed by atoms with E-state index in [1.807, 2.05) is 36.4 Å². The van der Waals surface area contributed by atoms with Crippen molar-refractivity contribution in [3.63, 3.8) is 0 Å². The number of aromatic nitrogens is 2. The van der Waals surface area contributed by atoms with Crippen LogP contribution in [-0.2, 0) is 11.3 Å². The van der Waals surface area contributed by atoms with Gasteiger partial charge in [0.05, 0.1) is 18.1 Å². The molecule has 1 fully saturated rings. The Balaban J connectivity index is 1.70. The molecule has 0 radical (unpaired) electrons. The van der Waals surface area contributed by atoms with Crippen LogP contribution >= 0.6 is 0 Å². The lowest BCUT2D eigenvalue weighted by Crippen LogP contribution is -2.13. The first-order chi connectivity index (χ1) is 14.3. The summed E-state index contributed by atoms with van der Waals surface area (Å²) in [6.07, 6.45) is 7.38. The van der Waals surface area contributed by atoms with Gasteiger partial charge < -0.3 is 19.4 Å². The topological polar surface area (TPSA) is 65.4 Å². The van der Waals surface area contributed by atoms with E-state index < -0.39 is 0 Å². The second-order valence-electron chi connectivity index (χ2n) is 7.48. The summed E-state index contributed by atoms with van der Waals surface area (Å²) in [6.45, 7) is 1.07. The Bertz CT molecular complexity index is 975. The van der Waals surface area contributed by atoms with Crippen molar-refractivity contribution in [1.82, 2.24) is 9.55 Å². The van der Waals surface area contributed by atoms with Crippen LogP contribution in [0.5, 0.6) is 11.5 Å². The van der Waals surface area contributed by atoms with Crippen LogP contribution in [0.1, 0.15) is 50.1 Å². The Morgan fingerprint density at radius 2 is 1.93 bits per heavy atom. The molecule has 152 valence electrons. The van der Waals surface area contributed by atoms with E-state index in [1.165, 1.54) is 25.7 Å². The number of nitrogens with one attached hydrogen (secondary N) is 1. The van der Waals surface area contributed by atoms with Crippen LogP contribution in [0.3, 0.4) is 0 Å². The Morgan fingerprint density at radius 3 is 2.69 bits per heavy atom. The van der Waals surface area contributed by atoms with Gasteiger partial charge in [0, 0.05) is 24.2 Å². The largest absolute Gasteiger partial charge is 0.496 e. The van der Waals surface area contributed by atoms with Gasteiger partial charge in [-0.05, 0) is 31.0 Å². The van der Waals surface area contributed by atoms with Crippen molar-refractivity contribution in [2.45, 2.75) is 51.1 Å². The van der Waals surface area contributed by atoms with Crippen LogP contribution in [0.2, 0.25) is 0 Å². The predicted octanol–water partition coefficient (Wildman–Crippen LogP) is 5.09. The number of rotatable bonds is 7. The van der Waals surface area contributed by atoms with Crippen molar-refractivity contribution in [3.8, 4) is 11.5 Å². The predicted molar refractivity (Wildman–Crippen MR) is 113 cm³/mol. The molecule has 29 heavy (non-hydrogen) atoms. The van der Waals surface area contributed by atoms with Crippen LogP contribution in [0.25, 0.3) is 11.0 Å². The first kappa shape index (κ1) is 19.3. The Kier molecular flexibility index (Phi) is 5.98. The molecule has 0 amide bonds. The van der Waals surface area contributed by atoms with Gasteiger partial charge >= 0.3 is 0 Å². The number of imidazole rings is 1. The maximum atomic E-state index is 10.7. The summed E-state index contributed by atoms with van der Waals surface area (Å²) in [4.78, 5) is 15.6. The fourth-order valence-corrected chi connectivity index (χ4v) is 4.24. The third-order valence-corrected chi connectivity index (χ3v) is 5.66. The minimum absolute atomic E-state index is 0.417. The lowest BCUT2D eigenvalue weighted by atomic mass is 10.1. The summed E-state index contributed by atoms with van der Waals surface area (Å²) >= 11 is 0. The van der Waals surface area contributed by atoms with Crippen molar-refractivity contribution in [2.24, 2.45) is 0 Å². The van der Waals surface area contributed by atoms with Crippen LogP contribution < -0.4 is 14.8 Å². The molecule has 1 heterocycles. The van der Waals surface area contributed by atoms with Crippen LogP contribution in [0, 0.1) is 0 Å². The van der Waals surface area contributed by atoms with Crippen LogP contribution in [0.4, 0.5) is 5.95 Å². The van der Waals surface area contributed by atoms with Gasteiger partial charge in [-0.15, -0.1) is 0 Å². The quantitative estimate of drug-likeness (QED) is 0.447. The number of carbonyl (C=O) groups excluding carboxylic acids is 1. The van der Waals surface area contributed by atoms with E-state index in [1.54, 1.807) is 7.11 Å². The lowest BCUT2D eigenvalue weighted by Gasteiger charge is -2.21. The molecule has 1 N–H and O–H groups in total. The summed E-state index contributed by atoms with van der Waals surface area (Å²) in [5, 5.41) is 3.52. The summed E-state index contributed by atoms with van der Waals surface area (Å²) in [6, 6.07) is 14.1. The fraction of sp³-hybridized carbons (Fsp3) is 0.391. The zero-order valence-corrected chi connectivity index (χ0v) is 16.8. The Hall–Kier alpha value is -3.02. The molecule has 4 rings (SSSR count). The molecule has 2 aromatic carbocycles. The van der Waals surface area contributed by atoms with Gasteiger partial charge in [-0.2, -0.15) is 0 Å². The highest BCUT2D eigenvalue weighted by Crippen LogP contribution is 2.35. The third-order valence-electron chi connectivity index (χ3n) is 5.66. The SMILES string of the molecule is COc1ccccc1CNc1nc2cc(OC=O)ccc2n1C1CCCCCC1. The summed E-state index contributed by atoms with van der Waals surface area (Å²) in [7, 11) is 1.69. The van der Waals surface area contributed by atoms with E-state index in [2.05, 4.69) is 16.0 Å². The number of hydrogen-bond donors (Lipinski definition) is 1. The maximum absolute atomic E-state index is 10.7.